The van der Waals surface area contributed by atoms with Crippen molar-refractivity contribution in [2.45, 2.75) is 71.3 Å². The van der Waals surface area contributed by atoms with Crippen molar-refractivity contribution in [2.24, 2.45) is 34.5 Å². The first-order valence-corrected chi connectivity index (χ1v) is 9.29. The highest BCUT2D eigenvalue weighted by molar-refractivity contribution is 5.69. The van der Waals surface area contributed by atoms with Gasteiger partial charge in [0.15, 0.2) is 0 Å². The van der Waals surface area contributed by atoms with E-state index in [2.05, 4.69) is 13.8 Å². The molecule has 0 aromatic carbocycles. The fourth-order valence-corrected chi connectivity index (χ4v) is 6.81. The Balaban J connectivity index is 1.64. The Morgan fingerprint density at radius 3 is 2.59 bits per heavy atom. The lowest BCUT2D eigenvalue weighted by atomic mass is 9.47. The maximum Gasteiger partial charge on any atom is 0.305 e. The third-order valence-electron chi connectivity index (χ3n) is 8.33. The van der Waals surface area contributed by atoms with Gasteiger partial charge >= 0.3 is 5.97 Å². The number of rotatable bonds is 0. The number of carbonyl (C=O) groups is 1. The molecule has 22 heavy (non-hydrogen) atoms. The lowest BCUT2D eigenvalue weighted by Gasteiger charge is -2.58. The average Bonchev–Trinajstić information content (AvgIpc) is 2.70. The molecular formula is C19H30O3. The Morgan fingerprint density at radius 1 is 1.00 bits per heavy atom. The predicted molar refractivity (Wildman–Crippen MR) is 84.1 cm³/mol. The van der Waals surface area contributed by atoms with Gasteiger partial charge in [-0.25, -0.2) is 0 Å². The van der Waals surface area contributed by atoms with Crippen molar-refractivity contribution in [1.29, 1.82) is 0 Å². The molecule has 0 aromatic heterocycles. The third-order valence-corrected chi connectivity index (χ3v) is 8.33. The minimum absolute atomic E-state index is 0.00381. The number of hydrogen-bond donors (Lipinski definition) is 1. The molecule has 0 spiro atoms. The number of cyclic esters (lactones) is 1. The summed E-state index contributed by atoms with van der Waals surface area (Å²) in [5, 5.41) is 10.5. The van der Waals surface area contributed by atoms with E-state index in [0.717, 1.165) is 31.1 Å². The summed E-state index contributed by atoms with van der Waals surface area (Å²) in [6.45, 7) is 5.41. The lowest BCUT2D eigenvalue weighted by Crippen LogP contribution is -2.52. The van der Waals surface area contributed by atoms with Crippen LogP contribution in [0.25, 0.3) is 0 Å². The zero-order valence-electron chi connectivity index (χ0n) is 14.0. The Kier molecular flexibility index (Phi) is 3.38. The first-order valence-electron chi connectivity index (χ1n) is 9.29. The van der Waals surface area contributed by atoms with Gasteiger partial charge in [-0.3, -0.25) is 4.79 Å². The normalized spacial score (nSPS) is 54.7. The van der Waals surface area contributed by atoms with Crippen LogP contribution in [-0.2, 0) is 9.53 Å². The highest BCUT2D eigenvalue weighted by Crippen LogP contribution is 2.65. The summed E-state index contributed by atoms with van der Waals surface area (Å²) in [4.78, 5) is 11.8. The standard InChI is InChI=1S/C19H30O3/c1-18-10-8-17(21)22-11-12(18)3-4-13-14-5-6-16(20)19(14,2)9-7-15(13)18/h12-16,20H,3-11H2,1-2H3/t12?,13?,14-,15-,16-,18-,19-/m0/s1. The van der Waals surface area contributed by atoms with Crippen LogP contribution in [0.4, 0.5) is 0 Å². The third kappa shape index (κ3) is 1.93. The summed E-state index contributed by atoms with van der Waals surface area (Å²) in [5.74, 6) is 2.73. The van der Waals surface area contributed by atoms with Crippen LogP contribution in [0.2, 0.25) is 0 Å². The van der Waals surface area contributed by atoms with Gasteiger partial charge in [0.25, 0.3) is 0 Å². The number of esters is 1. The molecule has 0 bridgehead atoms. The molecule has 1 N–H and O–H groups in total. The van der Waals surface area contributed by atoms with E-state index in [1.165, 1.54) is 25.7 Å². The molecule has 1 aliphatic heterocycles. The van der Waals surface area contributed by atoms with Gasteiger partial charge in [-0.2, -0.15) is 0 Å². The number of carbonyl (C=O) groups excluding carboxylic acids is 1. The van der Waals surface area contributed by atoms with Crippen LogP contribution in [-0.4, -0.2) is 23.8 Å². The van der Waals surface area contributed by atoms with Gasteiger partial charge in [0.1, 0.15) is 0 Å². The quantitative estimate of drug-likeness (QED) is 0.696. The molecule has 124 valence electrons. The van der Waals surface area contributed by atoms with Crippen LogP contribution in [0.3, 0.4) is 0 Å². The summed E-state index contributed by atoms with van der Waals surface area (Å²) in [7, 11) is 0. The summed E-state index contributed by atoms with van der Waals surface area (Å²) in [6, 6.07) is 0. The largest absolute Gasteiger partial charge is 0.465 e. The SMILES string of the molecule is C[C@]12CC[C@H]3C(CCC4COC(=O)CC[C@@]43C)[C@@H]1CC[C@@H]2O. The topological polar surface area (TPSA) is 46.5 Å². The van der Waals surface area contributed by atoms with Crippen molar-refractivity contribution in [3.63, 3.8) is 0 Å². The van der Waals surface area contributed by atoms with E-state index in [9.17, 15) is 9.90 Å². The first-order chi connectivity index (χ1) is 10.4. The maximum atomic E-state index is 11.8. The number of hydrogen-bond acceptors (Lipinski definition) is 3. The van der Waals surface area contributed by atoms with Crippen LogP contribution in [0.1, 0.15) is 65.2 Å². The zero-order valence-corrected chi connectivity index (χ0v) is 14.0. The smallest absolute Gasteiger partial charge is 0.305 e. The molecule has 0 aromatic rings. The zero-order chi connectivity index (χ0) is 15.5. The molecule has 1 saturated heterocycles. The second kappa shape index (κ2) is 4.96. The second-order valence-electron chi connectivity index (χ2n) is 8.98. The van der Waals surface area contributed by atoms with Crippen molar-refractivity contribution in [3.8, 4) is 0 Å². The Labute approximate surface area is 133 Å². The van der Waals surface area contributed by atoms with E-state index in [-0.39, 0.29) is 22.9 Å². The molecule has 3 nitrogen and oxygen atoms in total. The van der Waals surface area contributed by atoms with Gasteiger partial charge in [-0.1, -0.05) is 13.8 Å². The molecule has 4 fully saturated rings. The van der Waals surface area contributed by atoms with Gasteiger partial charge in [-0.05, 0) is 79.4 Å². The molecule has 4 aliphatic rings. The number of aliphatic hydroxyl groups excluding tert-OH is 1. The van der Waals surface area contributed by atoms with Crippen molar-refractivity contribution in [1.82, 2.24) is 0 Å². The summed E-state index contributed by atoms with van der Waals surface area (Å²) < 4.78 is 5.46. The average molecular weight is 306 g/mol. The molecule has 3 saturated carbocycles. The van der Waals surface area contributed by atoms with Gasteiger partial charge in [-0.15, -0.1) is 0 Å². The van der Waals surface area contributed by atoms with E-state index in [4.69, 9.17) is 4.74 Å². The van der Waals surface area contributed by atoms with Crippen molar-refractivity contribution >= 4 is 5.97 Å². The van der Waals surface area contributed by atoms with Crippen LogP contribution >= 0.6 is 0 Å². The van der Waals surface area contributed by atoms with Gasteiger partial charge in [0, 0.05) is 6.42 Å². The van der Waals surface area contributed by atoms with Crippen molar-refractivity contribution < 1.29 is 14.6 Å². The minimum Gasteiger partial charge on any atom is -0.465 e. The minimum atomic E-state index is -0.0944. The van der Waals surface area contributed by atoms with Crippen LogP contribution in [0, 0.1) is 34.5 Å². The molecule has 7 atom stereocenters. The fraction of sp³-hybridized carbons (Fsp3) is 0.947. The first kappa shape index (κ1) is 15.0. The van der Waals surface area contributed by atoms with E-state index in [1.54, 1.807) is 0 Å². The number of ether oxygens (including phenoxy) is 1. The van der Waals surface area contributed by atoms with E-state index in [1.807, 2.05) is 0 Å². The van der Waals surface area contributed by atoms with Crippen molar-refractivity contribution in [3.05, 3.63) is 0 Å². The highest BCUT2D eigenvalue weighted by Gasteiger charge is 2.59. The molecule has 0 radical (unpaired) electrons. The van der Waals surface area contributed by atoms with E-state index >= 15 is 0 Å². The molecule has 3 heteroatoms. The molecule has 0 amide bonds. The Hall–Kier alpha value is -0.570. The van der Waals surface area contributed by atoms with Crippen LogP contribution in [0.5, 0.6) is 0 Å². The van der Waals surface area contributed by atoms with E-state index in [0.29, 0.717) is 24.9 Å². The fourth-order valence-electron chi connectivity index (χ4n) is 6.81. The maximum absolute atomic E-state index is 11.8. The van der Waals surface area contributed by atoms with Crippen LogP contribution < -0.4 is 0 Å². The second-order valence-corrected chi connectivity index (χ2v) is 8.98. The summed E-state index contributed by atoms with van der Waals surface area (Å²) in [6.07, 6.45) is 8.57. The van der Waals surface area contributed by atoms with Gasteiger partial charge in [0.2, 0.25) is 0 Å². The lowest BCUT2D eigenvalue weighted by molar-refractivity contribution is -0.145. The summed E-state index contributed by atoms with van der Waals surface area (Å²) >= 11 is 0. The molecule has 2 unspecified atom stereocenters. The predicted octanol–water partition coefficient (Wildman–Crippen LogP) is 3.54. The Bertz CT molecular complexity index is 475. The molecule has 1 heterocycles. The van der Waals surface area contributed by atoms with Crippen molar-refractivity contribution in [2.75, 3.05) is 6.61 Å². The highest BCUT2D eigenvalue weighted by atomic mass is 16.5. The van der Waals surface area contributed by atoms with Gasteiger partial charge < -0.3 is 9.84 Å². The number of fused-ring (bicyclic) bond motifs is 5. The molecular weight excluding hydrogens is 276 g/mol. The monoisotopic (exact) mass is 306 g/mol. The molecule has 3 aliphatic carbocycles. The summed E-state index contributed by atoms with van der Waals surface area (Å²) in [5.41, 5.74) is 0.422. The van der Waals surface area contributed by atoms with Crippen LogP contribution in [0.15, 0.2) is 0 Å². The Morgan fingerprint density at radius 2 is 1.77 bits per heavy atom. The molecule has 4 rings (SSSR count). The number of aliphatic hydroxyl groups is 1. The van der Waals surface area contributed by atoms with E-state index < -0.39 is 0 Å². The van der Waals surface area contributed by atoms with Gasteiger partial charge in [0.05, 0.1) is 12.7 Å².